The molecule has 3 aromatic rings. The average molecular weight is 395 g/mol. The second kappa shape index (κ2) is 10.1. The predicted molar refractivity (Wildman–Crippen MR) is 110 cm³/mol. The molecule has 0 radical (unpaired) electrons. The second-order valence-electron chi connectivity index (χ2n) is 5.88. The Balaban J connectivity index is 1.40. The van der Waals surface area contributed by atoms with Crippen LogP contribution in [0.3, 0.4) is 0 Å². The number of hydrogen-bond acceptors (Lipinski definition) is 4. The van der Waals surface area contributed by atoms with Crippen LogP contribution in [0.2, 0.25) is 5.02 Å². The number of hydrazone groups is 1. The molecule has 0 atom stereocenters. The number of carbonyl (C=O) groups excluding carboxylic acids is 1. The van der Waals surface area contributed by atoms with Gasteiger partial charge in [-0.05, 0) is 47.5 Å². The molecule has 0 spiro atoms. The van der Waals surface area contributed by atoms with Crippen molar-refractivity contribution in [3.63, 3.8) is 0 Å². The van der Waals surface area contributed by atoms with Crippen molar-refractivity contribution in [2.75, 3.05) is 6.61 Å². The van der Waals surface area contributed by atoms with Gasteiger partial charge in [0.15, 0.2) is 6.61 Å². The summed E-state index contributed by atoms with van der Waals surface area (Å²) < 4.78 is 11.2. The van der Waals surface area contributed by atoms with Gasteiger partial charge in [-0.3, -0.25) is 4.79 Å². The number of hydrogen-bond donors (Lipinski definition) is 1. The van der Waals surface area contributed by atoms with E-state index in [0.717, 1.165) is 16.9 Å². The van der Waals surface area contributed by atoms with Gasteiger partial charge in [-0.25, -0.2) is 5.43 Å². The molecule has 1 amide bonds. The number of amides is 1. The SMILES string of the molecule is O=C(COc1ccc(OCc2ccccc2)cc1)N/N=C\c1ccc(Cl)cc1. The van der Waals surface area contributed by atoms with Crippen LogP contribution in [-0.2, 0) is 11.4 Å². The molecule has 1 N–H and O–H groups in total. The fourth-order valence-electron chi connectivity index (χ4n) is 2.28. The molecular weight excluding hydrogens is 376 g/mol. The third-order valence-electron chi connectivity index (χ3n) is 3.71. The monoisotopic (exact) mass is 394 g/mol. The number of rotatable bonds is 8. The number of nitrogens with one attached hydrogen (secondary N) is 1. The van der Waals surface area contributed by atoms with E-state index < -0.39 is 0 Å². The summed E-state index contributed by atoms with van der Waals surface area (Å²) in [6.07, 6.45) is 1.53. The van der Waals surface area contributed by atoms with Crippen molar-refractivity contribution >= 4 is 23.7 Å². The van der Waals surface area contributed by atoms with Gasteiger partial charge in [0.05, 0.1) is 6.21 Å². The van der Waals surface area contributed by atoms with E-state index in [2.05, 4.69) is 10.5 Å². The van der Waals surface area contributed by atoms with Crippen LogP contribution in [0.15, 0.2) is 84.0 Å². The molecule has 142 valence electrons. The number of halogens is 1. The van der Waals surface area contributed by atoms with E-state index in [0.29, 0.717) is 17.4 Å². The fraction of sp³-hybridized carbons (Fsp3) is 0.0909. The Labute approximate surface area is 168 Å². The van der Waals surface area contributed by atoms with Crippen molar-refractivity contribution in [2.45, 2.75) is 6.61 Å². The van der Waals surface area contributed by atoms with Crippen LogP contribution >= 0.6 is 11.6 Å². The highest BCUT2D eigenvalue weighted by molar-refractivity contribution is 6.30. The summed E-state index contributed by atoms with van der Waals surface area (Å²) in [5.74, 6) is 0.951. The van der Waals surface area contributed by atoms with Crippen LogP contribution < -0.4 is 14.9 Å². The average Bonchev–Trinajstić information content (AvgIpc) is 2.74. The van der Waals surface area contributed by atoms with Gasteiger partial charge in [-0.1, -0.05) is 54.1 Å². The van der Waals surface area contributed by atoms with E-state index in [1.165, 1.54) is 6.21 Å². The first-order valence-electron chi connectivity index (χ1n) is 8.66. The topological polar surface area (TPSA) is 59.9 Å². The molecule has 0 aliphatic heterocycles. The number of carbonyl (C=O) groups is 1. The number of nitrogens with zero attached hydrogens (tertiary/aromatic N) is 1. The third-order valence-corrected chi connectivity index (χ3v) is 3.97. The van der Waals surface area contributed by atoms with Crippen LogP contribution in [-0.4, -0.2) is 18.7 Å². The van der Waals surface area contributed by atoms with Gasteiger partial charge in [0.2, 0.25) is 0 Å². The molecule has 0 bridgehead atoms. The zero-order chi connectivity index (χ0) is 19.6. The van der Waals surface area contributed by atoms with Gasteiger partial charge in [0.25, 0.3) is 5.91 Å². The van der Waals surface area contributed by atoms with Crippen LogP contribution in [0.5, 0.6) is 11.5 Å². The normalized spacial score (nSPS) is 10.6. The Morgan fingerprint density at radius 3 is 2.21 bits per heavy atom. The lowest BCUT2D eigenvalue weighted by molar-refractivity contribution is -0.123. The summed E-state index contributed by atoms with van der Waals surface area (Å²) in [7, 11) is 0. The summed E-state index contributed by atoms with van der Waals surface area (Å²) in [6, 6.07) is 24.1. The standard InChI is InChI=1S/C22H19ClN2O3/c23-19-8-6-17(7-9-19)14-24-25-22(26)16-28-21-12-10-20(11-13-21)27-15-18-4-2-1-3-5-18/h1-14H,15-16H2,(H,25,26)/b24-14-. The lowest BCUT2D eigenvalue weighted by Gasteiger charge is -2.08. The first-order chi connectivity index (χ1) is 13.7. The molecule has 3 rings (SSSR count). The van der Waals surface area contributed by atoms with Crippen LogP contribution in [0.1, 0.15) is 11.1 Å². The molecule has 28 heavy (non-hydrogen) atoms. The van der Waals surface area contributed by atoms with Gasteiger partial charge in [0, 0.05) is 5.02 Å². The number of ether oxygens (including phenoxy) is 2. The third kappa shape index (κ3) is 6.45. The highest BCUT2D eigenvalue weighted by Crippen LogP contribution is 2.18. The lowest BCUT2D eigenvalue weighted by atomic mass is 10.2. The van der Waals surface area contributed by atoms with Crippen molar-refractivity contribution < 1.29 is 14.3 Å². The molecule has 0 aromatic heterocycles. The van der Waals surface area contributed by atoms with E-state index in [9.17, 15) is 4.79 Å². The molecule has 0 saturated heterocycles. The van der Waals surface area contributed by atoms with E-state index in [1.54, 1.807) is 48.5 Å². The minimum absolute atomic E-state index is 0.137. The first kappa shape index (κ1) is 19.5. The molecule has 6 heteroatoms. The maximum atomic E-state index is 11.8. The minimum atomic E-state index is -0.352. The van der Waals surface area contributed by atoms with Gasteiger partial charge >= 0.3 is 0 Å². The van der Waals surface area contributed by atoms with Crippen molar-refractivity contribution in [1.82, 2.24) is 5.43 Å². The molecule has 5 nitrogen and oxygen atoms in total. The van der Waals surface area contributed by atoms with Gasteiger partial charge in [-0.2, -0.15) is 5.10 Å². The Morgan fingerprint density at radius 1 is 0.893 bits per heavy atom. The van der Waals surface area contributed by atoms with Crippen molar-refractivity contribution in [3.8, 4) is 11.5 Å². The van der Waals surface area contributed by atoms with Crippen LogP contribution in [0, 0.1) is 0 Å². The van der Waals surface area contributed by atoms with Crippen LogP contribution in [0.4, 0.5) is 0 Å². The highest BCUT2D eigenvalue weighted by atomic mass is 35.5. The summed E-state index contributed by atoms with van der Waals surface area (Å²) in [6.45, 7) is 0.358. The van der Waals surface area contributed by atoms with E-state index in [4.69, 9.17) is 21.1 Å². The summed E-state index contributed by atoms with van der Waals surface area (Å²) >= 11 is 5.81. The Kier molecular flexibility index (Phi) is 7.04. The molecule has 0 aliphatic rings. The quantitative estimate of drug-likeness (QED) is 0.453. The summed E-state index contributed by atoms with van der Waals surface area (Å²) in [4.78, 5) is 11.8. The molecule has 0 saturated carbocycles. The number of benzene rings is 3. The molecule has 0 fully saturated rings. The Bertz CT molecular complexity index is 911. The Hall–Kier alpha value is -3.31. The fourth-order valence-corrected chi connectivity index (χ4v) is 2.41. The van der Waals surface area contributed by atoms with E-state index >= 15 is 0 Å². The van der Waals surface area contributed by atoms with Gasteiger partial charge in [0.1, 0.15) is 18.1 Å². The zero-order valence-corrected chi connectivity index (χ0v) is 15.8. The van der Waals surface area contributed by atoms with Crippen molar-refractivity contribution in [1.29, 1.82) is 0 Å². The smallest absolute Gasteiger partial charge is 0.277 e. The largest absolute Gasteiger partial charge is 0.489 e. The van der Waals surface area contributed by atoms with Crippen molar-refractivity contribution in [2.24, 2.45) is 5.10 Å². The maximum absolute atomic E-state index is 11.8. The van der Waals surface area contributed by atoms with E-state index in [-0.39, 0.29) is 12.5 Å². The maximum Gasteiger partial charge on any atom is 0.277 e. The molecular formula is C22H19ClN2O3. The highest BCUT2D eigenvalue weighted by Gasteiger charge is 2.02. The first-order valence-corrected chi connectivity index (χ1v) is 9.04. The summed E-state index contributed by atoms with van der Waals surface area (Å²) in [5.41, 5.74) is 4.34. The van der Waals surface area contributed by atoms with E-state index in [1.807, 2.05) is 30.3 Å². The summed E-state index contributed by atoms with van der Waals surface area (Å²) in [5, 5.41) is 4.53. The second-order valence-corrected chi connectivity index (χ2v) is 6.32. The van der Waals surface area contributed by atoms with Crippen LogP contribution in [0.25, 0.3) is 0 Å². The van der Waals surface area contributed by atoms with Gasteiger partial charge in [-0.15, -0.1) is 0 Å². The molecule has 0 aliphatic carbocycles. The zero-order valence-electron chi connectivity index (χ0n) is 15.0. The Morgan fingerprint density at radius 2 is 1.54 bits per heavy atom. The van der Waals surface area contributed by atoms with Gasteiger partial charge < -0.3 is 9.47 Å². The molecule has 0 unspecified atom stereocenters. The molecule has 0 heterocycles. The predicted octanol–water partition coefficient (Wildman–Crippen LogP) is 4.45. The lowest BCUT2D eigenvalue weighted by Crippen LogP contribution is -2.24. The van der Waals surface area contributed by atoms with Crippen molar-refractivity contribution in [3.05, 3.63) is 95.0 Å². The minimum Gasteiger partial charge on any atom is -0.489 e. The molecule has 3 aromatic carbocycles.